The molecule has 2 heterocycles. The molecule has 0 aliphatic carbocycles. The summed E-state index contributed by atoms with van der Waals surface area (Å²) in [6.07, 6.45) is 4.80. The fraction of sp³-hybridized carbons (Fsp3) is 0.192. The monoisotopic (exact) mass is 488 g/mol. The van der Waals surface area contributed by atoms with Crippen LogP contribution in [0.25, 0.3) is 6.08 Å². The Morgan fingerprint density at radius 1 is 1.09 bits per heavy atom. The van der Waals surface area contributed by atoms with E-state index >= 15 is 0 Å². The largest absolute Gasteiger partial charge is 0.467 e. The number of hydrogen-bond acceptors (Lipinski definition) is 7. The molecule has 1 fully saturated rings. The fourth-order valence-corrected chi connectivity index (χ4v) is 4.31. The lowest BCUT2D eigenvalue weighted by atomic mass is 9.87. The Bertz CT molecular complexity index is 1320. The molecule has 0 bridgehead atoms. The molecule has 9 heteroatoms. The van der Waals surface area contributed by atoms with Crippen molar-refractivity contribution in [2.45, 2.75) is 32.7 Å². The number of carbonyl (C=O) groups excluding carboxylic acids is 1. The van der Waals surface area contributed by atoms with Crippen LogP contribution in [0.1, 0.15) is 43.2 Å². The highest BCUT2D eigenvalue weighted by atomic mass is 32.2. The number of rotatable bonds is 6. The van der Waals surface area contributed by atoms with Gasteiger partial charge in [-0.15, -0.1) is 5.10 Å². The van der Waals surface area contributed by atoms with E-state index in [4.69, 9.17) is 4.42 Å². The van der Waals surface area contributed by atoms with Gasteiger partial charge < -0.3 is 4.42 Å². The molecule has 35 heavy (non-hydrogen) atoms. The van der Waals surface area contributed by atoms with Crippen molar-refractivity contribution in [2.24, 2.45) is 10.2 Å². The molecule has 4 rings (SSSR count). The van der Waals surface area contributed by atoms with E-state index in [0.29, 0.717) is 21.4 Å². The zero-order valence-corrected chi connectivity index (χ0v) is 20.4. The van der Waals surface area contributed by atoms with Crippen LogP contribution in [0.2, 0.25) is 0 Å². The molecule has 0 radical (unpaired) electrons. The van der Waals surface area contributed by atoms with Gasteiger partial charge in [-0.25, -0.2) is 0 Å². The normalized spacial score (nSPS) is 16.7. The van der Waals surface area contributed by atoms with E-state index in [2.05, 4.69) is 43.1 Å². The molecule has 1 amide bonds. The van der Waals surface area contributed by atoms with Gasteiger partial charge in [0, 0.05) is 12.1 Å². The molecule has 1 aliphatic rings. The molecule has 0 N–H and O–H groups in total. The van der Waals surface area contributed by atoms with Crippen molar-refractivity contribution in [2.75, 3.05) is 0 Å². The third-order valence-electron chi connectivity index (χ3n) is 5.29. The second kappa shape index (κ2) is 10.1. The van der Waals surface area contributed by atoms with Crippen LogP contribution in [-0.4, -0.2) is 27.1 Å². The summed E-state index contributed by atoms with van der Waals surface area (Å²) in [6, 6.07) is 17.7. The van der Waals surface area contributed by atoms with Crippen LogP contribution in [0.5, 0.6) is 0 Å². The van der Waals surface area contributed by atoms with E-state index in [1.165, 1.54) is 22.6 Å². The third-order valence-corrected chi connectivity index (χ3v) is 6.28. The van der Waals surface area contributed by atoms with Crippen molar-refractivity contribution in [1.82, 2.24) is 4.90 Å². The molecule has 1 saturated heterocycles. The van der Waals surface area contributed by atoms with Gasteiger partial charge >= 0.3 is 0 Å². The molecule has 3 aromatic rings. The standard InChI is InChI=1S/C26H24N4O4S/c1-26(2,3)20-11-9-18(10-12-20)16-27-28-25-29(17-22-8-5-13-34-22)24(31)23(35-25)15-19-6-4-7-21(14-19)30(32)33/h4-16H,17H2,1-3H3/b23-15-,27-16+,28-25-. The maximum Gasteiger partial charge on any atom is 0.270 e. The van der Waals surface area contributed by atoms with E-state index in [-0.39, 0.29) is 23.6 Å². The topological polar surface area (TPSA) is 101 Å². The summed E-state index contributed by atoms with van der Waals surface area (Å²) < 4.78 is 5.41. The molecule has 0 saturated carbocycles. The van der Waals surface area contributed by atoms with Gasteiger partial charge in [0.15, 0.2) is 5.17 Å². The number of thioether (sulfide) groups is 1. The number of amidine groups is 1. The molecule has 0 atom stereocenters. The quantitative estimate of drug-likeness (QED) is 0.183. The summed E-state index contributed by atoms with van der Waals surface area (Å²) in [5.41, 5.74) is 2.68. The van der Waals surface area contributed by atoms with Crippen LogP contribution in [-0.2, 0) is 16.8 Å². The van der Waals surface area contributed by atoms with Crippen molar-refractivity contribution in [1.29, 1.82) is 0 Å². The Labute approximate surface area is 207 Å². The van der Waals surface area contributed by atoms with Gasteiger partial charge in [0.25, 0.3) is 11.6 Å². The average molecular weight is 489 g/mol. The highest BCUT2D eigenvalue weighted by molar-refractivity contribution is 8.18. The average Bonchev–Trinajstić information content (AvgIpc) is 3.43. The Kier molecular flexibility index (Phi) is 6.97. The number of furan rings is 1. The zero-order valence-electron chi connectivity index (χ0n) is 19.5. The van der Waals surface area contributed by atoms with Gasteiger partial charge in [0.1, 0.15) is 5.76 Å². The van der Waals surface area contributed by atoms with Gasteiger partial charge in [-0.1, -0.05) is 57.2 Å². The minimum absolute atomic E-state index is 0.0433. The lowest BCUT2D eigenvalue weighted by Gasteiger charge is -2.18. The number of non-ortho nitro benzene ring substituents is 1. The summed E-state index contributed by atoms with van der Waals surface area (Å²) in [7, 11) is 0. The lowest BCUT2D eigenvalue weighted by Crippen LogP contribution is -2.28. The minimum atomic E-state index is -0.468. The van der Waals surface area contributed by atoms with E-state index in [9.17, 15) is 14.9 Å². The number of amides is 1. The molecule has 1 aromatic heterocycles. The Hall–Kier alpha value is -3.98. The first-order valence-corrected chi connectivity index (χ1v) is 11.7. The first-order chi connectivity index (χ1) is 16.7. The van der Waals surface area contributed by atoms with Crippen molar-refractivity contribution < 1.29 is 14.1 Å². The number of nitro groups is 1. The Morgan fingerprint density at radius 3 is 2.51 bits per heavy atom. The first kappa shape index (κ1) is 24.2. The van der Waals surface area contributed by atoms with Crippen LogP contribution in [0.15, 0.2) is 86.5 Å². The zero-order chi connectivity index (χ0) is 25.0. The summed E-state index contributed by atoms with van der Waals surface area (Å²) >= 11 is 1.16. The molecule has 178 valence electrons. The molecular weight excluding hydrogens is 464 g/mol. The van der Waals surface area contributed by atoms with Crippen molar-refractivity contribution in [3.05, 3.63) is 104 Å². The van der Waals surface area contributed by atoms with Gasteiger partial charge in [0.05, 0.1) is 28.9 Å². The SMILES string of the molecule is CC(C)(C)c1ccc(/C=N/N=C2\S/C(=C\c3cccc([N+](=O)[O-])c3)C(=O)N2Cc2ccco2)cc1. The van der Waals surface area contributed by atoms with Crippen LogP contribution < -0.4 is 0 Å². The number of benzene rings is 2. The minimum Gasteiger partial charge on any atom is -0.467 e. The van der Waals surface area contributed by atoms with Gasteiger partial charge in [0.2, 0.25) is 0 Å². The van der Waals surface area contributed by atoms with Crippen molar-refractivity contribution >= 4 is 40.8 Å². The summed E-state index contributed by atoms with van der Waals surface area (Å²) in [6.45, 7) is 6.66. The Morgan fingerprint density at radius 2 is 1.86 bits per heavy atom. The number of carbonyl (C=O) groups is 1. The Balaban J connectivity index is 1.60. The summed E-state index contributed by atoms with van der Waals surface area (Å²) in [4.78, 5) is 25.7. The van der Waals surface area contributed by atoms with E-state index in [0.717, 1.165) is 17.3 Å². The highest BCUT2D eigenvalue weighted by Gasteiger charge is 2.34. The van der Waals surface area contributed by atoms with E-state index in [1.54, 1.807) is 42.8 Å². The van der Waals surface area contributed by atoms with Crippen LogP contribution >= 0.6 is 11.8 Å². The van der Waals surface area contributed by atoms with E-state index in [1.807, 2.05) is 12.1 Å². The molecule has 0 unspecified atom stereocenters. The van der Waals surface area contributed by atoms with Crippen molar-refractivity contribution in [3.63, 3.8) is 0 Å². The van der Waals surface area contributed by atoms with Gasteiger partial charge in [-0.3, -0.25) is 19.8 Å². The molecule has 8 nitrogen and oxygen atoms in total. The first-order valence-electron chi connectivity index (χ1n) is 10.9. The molecule has 0 spiro atoms. The number of nitro benzene ring substituents is 1. The maximum atomic E-state index is 13.2. The summed E-state index contributed by atoms with van der Waals surface area (Å²) in [5, 5.41) is 20.0. The van der Waals surface area contributed by atoms with Crippen LogP contribution in [0.3, 0.4) is 0 Å². The highest BCUT2D eigenvalue weighted by Crippen LogP contribution is 2.34. The molecule has 1 aliphatic heterocycles. The molecular formula is C26H24N4O4S. The maximum absolute atomic E-state index is 13.2. The van der Waals surface area contributed by atoms with E-state index < -0.39 is 4.92 Å². The second-order valence-corrected chi connectivity index (χ2v) is 9.94. The number of hydrogen-bond donors (Lipinski definition) is 0. The fourth-order valence-electron chi connectivity index (χ4n) is 3.37. The predicted octanol–water partition coefficient (Wildman–Crippen LogP) is 5.99. The van der Waals surface area contributed by atoms with Gasteiger partial charge in [-0.05, 0) is 52.1 Å². The van der Waals surface area contributed by atoms with Gasteiger partial charge in [-0.2, -0.15) is 5.10 Å². The molecule has 2 aromatic carbocycles. The lowest BCUT2D eigenvalue weighted by molar-refractivity contribution is -0.384. The number of nitrogens with zero attached hydrogens (tertiary/aromatic N) is 4. The van der Waals surface area contributed by atoms with Crippen LogP contribution in [0, 0.1) is 10.1 Å². The predicted molar refractivity (Wildman–Crippen MR) is 138 cm³/mol. The third kappa shape index (κ3) is 5.93. The van der Waals surface area contributed by atoms with Crippen molar-refractivity contribution in [3.8, 4) is 0 Å². The smallest absolute Gasteiger partial charge is 0.270 e. The second-order valence-electron chi connectivity index (χ2n) is 8.93. The summed E-state index contributed by atoms with van der Waals surface area (Å²) in [5.74, 6) is 0.325. The van der Waals surface area contributed by atoms with Crippen LogP contribution in [0.4, 0.5) is 5.69 Å².